The summed E-state index contributed by atoms with van der Waals surface area (Å²) in [6.45, 7) is 3.54. The van der Waals surface area contributed by atoms with Crippen LogP contribution in [0.5, 0.6) is 0 Å². The van der Waals surface area contributed by atoms with Gasteiger partial charge in [0.2, 0.25) is 0 Å². The van der Waals surface area contributed by atoms with Gasteiger partial charge in [-0.05, 0) is 37.6 Å². The summed E-state index contributed by atoms with van der Waals surface area (Å²) in [6, 6.07) is 14.1. The fourth-order valence-corrected chi connectivity index (χ4v) is 3.23. The zero-order valence-corrected chi connectivity index (χ0v) is 16.3. The first-order valence-electron chi connectivity index (χ1n) is 8.25. The van der Waals surface area contributed by atoms with Crippen LogP contribution >= 0.6 is 23.2 Å². The normalized spacial score (nSPS) is 10.7. The minimum Gasteiger partial charge on any atom is -0.322 e. The summed E-state index contributed by atoms with van der Waals surface area (Å²) in [6.07, 6.45) is 0. The van der Waals surface area contributed by atoms with Crippen LogP contribution in [0.2, 0.25) is 10.2 Å². The highest BCUT2D eigenvalue weighted by Gasteiger charge is 2.21. The Morgan fingerprint density at radius 3 is 2.56 bits per heavy atom. The molecule has 0 radical (unpaired) electrons. The lowest BCUT2D eigenvalue weighted by Gasteiger charge is -2.07. The van der Waals surface area contributed by atoms with Crippen LogP contribution in [0.4, 0.5) is 5.69 Å². The highest BCUT2D eigenvalue weighted by Crippen LogP contribution is 2.24. The van der Waals surface area contributed by atoms with Crippen molar-refractivity contribution in [3.05, 3.63) is 81.1 Å². The number of nitrogens with one attached hydrogen (secondary N) is 1. The Kier molecular flexibility index (Phi) is 5.63. The Labute approximate surface area is 166 Å². The molecule has 0 aliphatic heterocycles. The number of nitrogens with zero attached hydrogens (tertiary/aromatic N) is 2. The number of hydrogen-bond donors (Lipinski definition) is 1. The van der Waals surface area contributed by atoms with Crippen molar-refractivity contribution in [2.24, 2.45) is 0 Å². The Balaban J connectivity index is 1.86. The van der Waals surface area contributed by atoms with Gasteiger partial charge in [-0.25, -0.2) is 4.68 Å². The lowest BCUT2D eigenvalue weighted by atomic mass is 10.1. The first-order chi connectivity index (χ1) is 12.9. The van der Waals surface area contributed by atoms with E-state index in [-0.39, 0.29) is 22.4 Å². The van der Waals surface area contributed by atoms with Crippen molar-refractivity contribution < 1.29 is 9.59 Å². The Hall–Kier alpha value is -2.63. The molecule has 2 aromatic carbocycles. The molecule has 1 aromatic heterocycles. The van der Waals surface area contributed by atoms with Gasteiger partial charge in [0.1, 0.15) is 5.15 Å². The first kappa shape index (κ1) is 19.1. The molecule has 7 heteroatoms. The third-order valence-corrected chi connectivity index (χ3v) is 4.85. The molecule has 0 saturated heterocycles. The van der Waals surface area contributed by atoms with Gasteiger partial charge < -0.3 is 5.32 Å². The molecule has 0 spiro atoms. The summed E-state index contributed by atoms with van der Waals surface area (Å²) in [4.78, 5) is 24.2. The molecule has 138 valence electrons. The molecule has 5 nitrogen and oxygen atoms in total. The SMILES string of the molecule is CC(=O)c1cccc(NC(=O)c2c(C)nn(Cc3ccccc3Cl)c2Cl)c1. The maximum absolute atomic E-state index is 12.7. The molecule has 3 rings (SSSR count). The highest BCUT2D eigenvalue weighted by molar-refractivity contribution is 6.34. The third kappa shape index (κ3) is 4.21. The van der Waals surface area contributed by atoms with Gasteiger partial charge in [0, 0.05) is 16.3 Å². The van der Waals surface area contributed by atoms with E-state index in [2.05, 4.69) is 10.4 Å². The summed E-state index contributed by atoms with van der Waals surface area (Å²) in [5.41, 5.74) is 2.68. The second-order valence-corrected chi connectivity index (χ2v) is 6.86. The number of carbonyl (C=O) groups is 2. The van der Waals surface area contributed by atoms with Gasteiger partial charge in [-0.15, -0.1) is 0 Å². The van der Waals surface area contributed by atoms with Crippen LogP contribution < -0.4 is 5.32 Å². The van der Waals surface area contributed by atoms with E-state index in [1.807, 2.05) is 18.2 Å². The Bertz CT molecular complexity index is 1030. The van der Waals surface area contributed by atoms with Crippen LogP contribution in [-0.2, 0) is 6.54 Å². The van der Waals surface area contributed by atoms with Crippen LogP contribution in [-0.4, -0.2) is 21.5 Å². The van der Waals surface area contributed by atoms with E-state index < -0.39 is 0 Å². The number of rotatable bonds is 5. The number of benzene rings is 2. The number of aryl methyl sites for hydroxylation is 1. The van der Waals surface area contributed by atoms with Crippen molar-refractivity contribution in [3.8, 4) is 0 Å². The molecule has 3 aromatic rings. The number of hydrogen-bond acceptors (Lipinski definition) is 3. The molecule has 1 amide bonds. The molecular formula is C20H17Cl2N3O2. The number of ketones is 1. The van der Waals surface area contributed by atoms with Crippen LogP contribution in [0, 0.1) is 6.92 Å². The minimum absolute atomic E-state index is 0.0760. The number of Topliss-reactive ketones (excluding diaryl/α,β-unsaturated/α-hetero) is 1. The van der Waals surface area contributed by atoms with Gasteiger partial charge in [0.05, 0.1) is 17.8 Å². The average Bonchev–Trinajstić information content (AvgIpc) is 2.90. The molecule has 0 atom stereocenters. The number of amides is 1. The highest BCUT2D eigenvalue weighted by atomic mass is 35.5. The number of anilines is 1. The van der Waals surface area contributed by atoms with Crippen molar-refractivity contribution in [2.75, 3.05) is 5.32 Å². The van der Waals surface area contributed by atoms with Crippen LogP contribution in [0.15, 0.2) is 48.5 Å². The van der Waals surface area contributed by atoms with Crippen molar-refractivity contribution >= 4 is 40.6 Å². The lowest BCUT2D eigenvalue weighted by Crippen LogP contribution is -2.13. The van der Waals surface area contributed by atoms with Crippen molar-refractivity contribution in [1.82, 2.24) is 9.78 Å². The molecule has 0 aliphatic carbocycles. The maximum atomic E-state index is 12.7. The van der Waals surface area contributed by atoms with Gasteiger partial charge in [0.25, 0.3) is 5.91 Å². The van der Waals surface area contributed by atoms with Crippen molar-refractivity contribution in [2.45, 2.75) is 20.4 Å². The van der Waals surface area contributed by atoms with Gasteiger partial charge in [-0.1, -0.05) is 53.5 Å². The van der Waals surface area contributed by atoms with E-state index in [0.29, 0.717) is 28.5 Å². The molecule has 0 fully saturated rings. The van der Waals surface area contributed by atoms with Crippen LogP contribution in [0.3, 0.4) is 0 Å². The standard InChI is InChI=1S/C20H17Cl2N3O2/c1-12-18(20(27)23-16-8-5-7-14(10-16)13(2)26)19(22)25(24-12)11-15-6-3-4-9-17(15)21/h3-10H,11H2,1-2H3,(H,23,27). The molecule has 0 saturated carbocycles. The van der Waals surface area contributed by atoms with E-state index in [0.717, 1.165) is 5.56 Å². The number of carbonyl (C=O) groups excluding carboxylic acids is 2. The largest absolute Gasteiger partial charge is 0.322 e. The third-order valence-electron chi connectivity index (χ3n) is 4.10. The lowest BCUT2D eigenvalue weighted by molar-refractivity contribution is 0.101. The van der Waals surface area contributed by atoms with E-state index in [1.54, 1.807) is 41.9 Å². The van der Waals surface area contributed by atoms with E-state index >= 15 is 0 Å². The molecule has 0 bridgehead atoms. The molecule has 1 heterocycles. The van der Waals surface area contributed by atoms with E-state index in [4.69, 9.17) is 23.2 Å². The molecule has 0 unspecified atom stereocenters. The van der Waals surface area contributed by atoms with Crippen LogP contribution in [0.1, 0.15) is 38.9 Å². The second-order valence-electron chi connectivity index (χ2n) is 6.09. The molecule has 1 N–H and O–H groups in total. The van der Waals surface area contributed by atoms with Gasteiger partial charge >= 0.3 is 0 Å². The monoisotopic (exact) mass is 401 g/mol. The summed E-state index contributed by atoms with van der Waals surface area (Å²) in [5, 5.41) is 7.97. The predicted molar refractivity (Wildman–Crippen MR) is 107 cm³/mol. The van der Waals surface area contributed by atoms with Gasteiger partial charge in [-0.3, -0.25) is 9.59 Å². The van der Waals surface area contributed by atoms with Crippen LogP contribution in [0.25, 0.3) is 0 Å². The smallest absolute Gasteiger partial charge is 0.260 e. The molecular weight excluding hydrogens is 385 g/mol. The topological polar surface area (TPSA) is 64.0 Å². The summed E-state index contributed by atoms with van der Waals surface area (Å²) in [5.74, 6) is -0.462. The average molecular weight is 402 g/mol. The maximum Gasteiger partial charge on any atom is 0.260 e. The fraction of sp³-hybridized carbons (Fsp3) is 0.150. The Morgan fingerprint density at radius 2 is 1.85 bits per heavy atom. The number of aromatic nitrogens is 2. The number of halogens is 2. The van der Waals surface area contributed by atoms with Gasteiger partial charge in [0.15, 0.2) is 5.78 Å². The summed E-state index contributed by atoms with van der Waals surface area (Å²) >= 11 is 12.6. The van der Waals surface area contributed by atoms with Crippen molar-refractivity contribution in [3.63, 3.8) is 0 Å². The predicted octanol–water partition coefficient (Wildman–Crippen LogP) is 5.00. The molecule has 27 heavy (non-hydrogen) atoms. The summed E-state index contributed by atoms with van der Waals surface area (Å²) < 4.78 is 1.54. The second kappa shape index (κ2) is 7.94. The van der Waals surface area contributed by atoms with Gasteiger partial charge in [-0.2, -0.15) is 5.10 Å². The zero-order valence-electron chi connectivity index (χ0n) is 14.8. The Morgan fingerprint density at radius 1 is 1.11 bits per heavy atom. The fourth-order valence-electron chi connectivity index (χ4n) is 2.71. The van der Waals surface area contributed by atoms with Crippen molar-refractivity contribution in [1.29, 1.82) is 0 Å². The van der Waals surface area contributed by atoms with E-state index in [9.17, 15) is 9.59 Å². The minimum atomic E-state index is -0.386. The first-order valence-corrected chi connectivity index (χ1v) is 9.01. The quantitative estimate of drug-likeness (QED) is 0.611. The summed E-state index contributed by atoms with van der Waals surface area (Å²) in [7, 11) is 0. The van der Waals surface area contributed by atoms with E-state index in [1.165, 1.54) is 6.92 Å². The zero-order chi connectivity index (χ0) is 19.6. The molecule has 0 aliphatic rings.